The van der Waals surface area contributed by atoms with Crippen LogP contribution < -0.4 is 9.80 Å². The first kappa shape index (κ1) is 23.5. The van der Waals surface area contributed by atoms with E-state index in [9.17, 15) is 9.59 Å². The summed E-state index contributed by atoms with van der Waals surface area (Å²) in [6.45, 7) is 0. The summed E-state index contributed by atoms with van der Waals surface area (Å²) in [5.41, 5.74) is 2.58. The maximum Gasteiger partial charge on any atom is 0.308 e. The zero-order valence-electron chi connectivity index (χ0n) is 17.8. The SMILES string of the molecule is CN(C)c1nc(Cc2ccc(N(C)C(=O)c3ccc(Cl)cc3)cc2)nc(Cl)c1CC(=O)O. The van der Waals surface area contributed by atoms with Gasteiger partial charge in [0, 0.05) is 49.4 Å². The van der Waals surface area contributed by atoms with Crippen molar-refractivity contribution in [3.8, 4) is 0 Å². The predicted octanol–water partition coefficient (Wildman–Crippen LogP) is 4.34. The standard InChI is InChI=1S/C23H22Cl2N4O3/c1-28(2)22-18(13-20(30)31)21(25)26-19(27-22)12-14-4-10-17(11-5-14)29(3)23(32)15-6-8-16(24)9-7-15/h4-11H,12-13H2,1-3H3,(H,30,31). The normalized spacial score (nSPS) is 10.7. The van der Waals surface area contributed by atoms with Crippen molar-refractivity contribution in [3.63, 3.8) is 0 Å². The molecular weight excluding hydrogens is 451 g/mol. The highest BCUT2D eigenvalue weighted by Gasteiger charge is 2.18. The summed E-state index contributed by atoms with van der Waals surface area (Å²) in [4.78, 5) is 35.9. The van der Waals surface area contributed by atoms with Gasteiger partial charge in [-0.25, -0.2) is 9.97 Å². The highest BCUT2D eigenvalue weighted by atomic mass is 35.5. The van der Waals surface area contributed by atoms with Gasteiger partial charge in [-0.15, -0.1) is 0 Å². The number of carbonyl (C=O) groups is 2. The molecule has 32 heavy (non-hydrogen) atoms. The molecule has 166 valence electrons. The van der Waals surface area contributed by atoms with Crippen LogP contribution in [0.3, 0.4) is 0 Å². The highest BCUT2D eigenvalue weighted by molar-refractivity contribution is 6.31. The van der Waals surface area contributed by atoms with Crippen LogP contribution >= 0.6 is 23.2 Å². The number of carbonyl (C=O) groups excluding carboxylic acids is 1. The number of hydrogen-bond donors (Lipinski definition) is 1. The lowest BCUT2D eigenvalue weighted by atomic mass is 10.1. The smallest absolute Gasteiger partial charge is 0.308 e. The van der Waals surface area contributed by atoms with E-state index in [-0.39, 0.29) is 17.5 Å². The molecule has 2 aromatic carbocycles. The Morgan fingerprint density at radius 1 is 0.938 bits per heavy atom. The Kier molecular flexibility index (Phi) is 7.33. The Balaban J connectivity index is 1.79. The molecule has 0 spiro atoms. The van der Waals surface area contributed by atoms with E-state index < -0.39 is 5.97 Å². The minimum atomic E-state index is -1.00. The molecular formula is C23H22Cl2N4O3. The molecule has 7 nitrogen and oxygen atoms in total. The van der Waals surface area contributed by atoms with Crippen molar-refractivity contribution in [2.75, 3.05) is 30.9 Å². The van der Waals surface area contributed by atoms with E-state index in [2.05, 4.69) is 9.97 Å². The average Bonchev–Trinajstić information content (AvgIpc) is 2.75. The molecule has 0 bridgehead atoms. The second-order valence-corrected chi connectivity index (χ2v) is 8.21. The Labute approximate surface area is 196 Å². The monoisotopic (exact) mass is 472 g/mol. The number of halogens is 2. The van der Waals surface area contributed by atoms with Crippen LogP contribution in [0.2, 0.25) is 10.2 Å². The number of hydrogen-bond acceptors (Lipinski definition) is 5. The van der Waals surface area contributed by atoms with Gasteiger partial charge < -0.3 is 14.9 Å². The van der Waals surface area contributed by atoms with Crippen molar-refractivity contribution >= 4 is 46.6 Å². The van der Waals surface area contributed by atoms with Crippen LogP contribution in [-0.4, -0.2) is 48.1 Å². The van der Waals surface area contributed by atoms with Crippen LogP contribution in [0.15, 0.2) is 48.5 Å². The van der Waals surface area contributed by atoms with E-state index in [4.69, 9.17) is 28.3 Å². The molecule has 0 saturated heterocycles. The zero-order chi connectivity index (χ0) is 23.4. The van der Waals surface area contributed by atoms with Crippen LogP contribution in [-0.2, 0) is 17.6 Å². The number of carboxylic acids is 1. The van der Waals surface area contributed by atoms with Gasteiger partial charge in [-0.05, 0) is 42.0 Å². The molecule has 9 heteroatoms. The predicted molar refractivity (Wildman–Crippen MR) is 126 cm³/mol. The van der Waals surface area contributed by atoms with E-state index >= 15 is 0 Å². The van der Waals surface area contributed by atoms with Gasteiger partial charge >= 0.3 is 5.97 Å². The van der Waals surface area contributed by atoms with Gasteiger partial charge in [0.25, 0.3) is 5.91 Å². The first-order chi connectivity index (χ1) is 15.2. The molecule has 1 N–H and O–H groups in total. The first-order valence-electron chi connectivity index (χ1n) is 9.72. The summed E-state index contributed by atoms with van der Waals surface area (Å²) in [6.07, 6.45) is 0.151. The lowest BCUT2D eigenvalue weighted by molar-refractivity contribution is -0.136. The molecule has 0 unspecified atom stereocenters. The van der Waals surface area contributed by atoms with Gasteiger partial charge in [0.2, 0.25) is 0 Å². The van der Waals surface area contributed by atoms with Crippen LogP contribution in [0.1, 0.15) is 27.3 Å². The number of amides is 1. The number of rotatable bonds is 7. The minimum Gasteiger partial charge on any atom is -0.481 e. The molecule has 0 radical (unpaired) electrons. The van der Waals surface area contributed by atoms with Gasteiger partial charge in [0.1, 0.15) is 16.8 Å². The fourth-order valence-corrected chi connectivity index (χ4v) is 3.54. The molecule has 0 aliphatic rings. The van der Waals surface area contributed by atoms with Crippen molar-refractivity contribution in [1.29, 1.82) is 0 Å². The molecule has 1 amide bonds. The third-order valence-corrected chi connectivity index (χ3v) is 5.38. The molecule has 1 aromatic heterocycles. The average molecular weight is 473 g/mol. The fourth-order valence-electron chi connectivity index (χ4n) is 3.16. The fraction of sp³-hybridized carbons (Fsp3) is 0.217. The van der Waals surface area contributed by atoms with E-state index in [1.54, 1.807) is 55.2 Å². The van der Waals surface area contributed by atoms with Gasteiger partial charge in [0.15, 0.2) is 0 Å². The van der Waals surface area contributed by atoms with E-state index in [0.717, 1.165) is 11.3 Å². The molecule has 0 aliphatic carbocycles. The number of benzene rings is 2. The molecule has 1 heterocycles. The summed E-state index contributed by atoms with van der Waals surface area (Å²) < 4.78 is 0. The molecule has 0 saturated carbocycles. The first-order valence-corrected chi connectivity index (χ1v) is 10.5. The maximum absolute atomic E-state index is 12.7. The summed E-state index contributed by atoms with van der Waals surface area (Å²) >= 11 is 12.2. The maximum atomic E-state index is 12.7. The van der Waals surface area contributed by atoms with Crippen molar-refractivity contribution in [2.24, 2.45) is 0 Å². The minimum absolute atomic E-state index is 0.131. The quantitative estimate of drug-likeness (QED) is 0.514. The Hall–Kier alpha value is -3.16. The second-order valence-electron chi connectivity index (χ2n) is 7.41. The molecule has 3 aromatic rings. The van der Waals surface area contributed by atoms with Gasteiger partial charge in [0.05, 0.1) is 6.42 Å². The Bertz CT molecular complexity index is 1130. The van der Waals surface area contributed by atoms with E-state index in [0.29, 0.717) is 34.2 Å². The number of aromatic nitrogens is 2. The van der Waals surface area contributed by atoms with Crippen molar-refractivity contribution in [2.45, 2.75) is 12.8 Å². The lowest BCUT2D eigenvalue weighted by Crippen LogP contribution is -2.26. The van der Waals surface area contributed by atoms with Crippen LogP contribution in [0.25, 0.3) is 0 Å². The highest BCUT2D eigenvalue weighted by Crippen LogP contribution is 2.25. The summed E-state index contributed by atoms with van der Waals surface area (Å²) in [7, 11) is 5.26. The van der Waals surface area contributed by atoms with E-state index in [1.807, 2.05) is 24.3 Å². The second kappa shape index (κ2) is 9.97. The van der Waals surface area contributed by atoms with Gasteiger partial charge in [-0.3, -0.25) is 9.59 Å². The Morgan fingerprint density at radius 3 is 2.12 bits per heavy atom. The van der Waals surface area contributed by atoms with Gasteiger partial charge in [-0.2, -0.15) is 0 Å². The van der Waals surface area contributed by atoms with Crippen LogP contribution in [0.5, 0.6) is 0 Å². The van der Waals surface area contributed by atoms with Crippen molar-refractivity contribution in [1.82, 2.24) is 9.97 Å². The summed E-state index contributed by atoms with van der Waals surface area (Å²) in [5, 5.41) is 9.83. The molecule has 0 atom stereocenters. The van der Waals surface area contributed by atoms with Crippen molar-refractivity contribution in [3.05, 3.63) is 81.2 Å². The van der Waals surface area contributed by atoms with E-state index in [1.165, 1.54) is 0 Å². The number of nitrogens with zero attached hydrogens (tertiary/aromatic N) is 4. The molecule has 0 fully saturated rings. The third kappa shape index (κ3) is 5.55. The third-order valence-electron chi connectivity index (χ3n) is 4.81. The number of carboxylic acid groups (broad SMARTS) is 1. The van der Waals surface area contributed by atoms with Crippen LogP contribution in [0.4, 0.5) is 11.5 Å². The summed E-state index contributed by atoms with van der Waals surface area (Å²) in [5.74, 6) is -0.188. The zero-order valence-corrected chi connectivity index (χ0v) is 19.4. The topological polar surface area (TPSA) is 86.6 Å². The summed E-state index contributed by atoms with van der Waals surface area (Å²) in [6, 6.07) is 14.2. The largest absolute Gasteiger partial charge is 0.481 e. The number of anilines is 2. The number of aliphatic carboxylic acids is 1. The molecule has 3 rings (SSSR count). The van der Waals surface area contributed by atoms with Gasteiger partial charge in [-0.1, -0.05) is 35.3 Å². The lowest BCUT2D eigenvalue weighted by Gasteiger charge is -2.18. The van der Waals surface area contributed by atoms with Crippen molar-refractivity contribution < 1.29 is 14.7 Å². The van der Waals surface area contributed by atoms with Crippen LogP contribution in [0, 0.1) is 0 Å². The molecule has 0 aliphatic heterocycles. The Morgan fingerprint density at radius 2 is 1.56 bits per heavy atom.